The van der Waals surface area contributed by atoms with Gasteiger partial charge in [0.25, 0.3) is 11.3 Å². The van der Waals surface area contributed by atoms with Gasteiger partial charge in [-0.15, -0.1) is 0 Å². The van der Waals surface area contributed by atoms with Crippen LogP contribution in [0.2, 0.25) is 0 Å². The average Bonchev–Trinajstić information content (AvgIpc) is 2.93. The molecule has 0 aromatic carbocycles. The van der Waals surface area contributed by atoms with Gasteiger partial charge in [0.15, 0.2) is 0 Å². The highest BCUT2D eigenvalue weighted by Crippen LogP contribution is 2.12. The number of carbonyl (C=O) groups is 2. The second kappa shape index (κ2) is 6.83. The molecule has 0 bridgehead atoms. The van der Waals surface area contributed by atoms with Crippen molar-refractivity contribution in [2.75, 3.05) is 13.2 Å². The number of fused-ring (bicyclic) bond motifs is 1. The number of hydrogen-bond acceptors (Lipinski definition) is 7. The van der Waals surface area contributed by atoms with E-state index in [9.17, 15) is 14.4 Å². The Morgan fingerprint density at radius 3 is 2.86 bits per heavy atom. The maximum Gasteiger partial charge on any atom is 0.361 e. The minimum atomic E-state index is -0.770. The monoisotopic (exact) mass is 308 g/mol. The summed E-state index contributed by atoms with van der Waals surface area (Å²) in [4.78, 5) is 39.7. The Hall–Kier alpha value is -2.71. The molecule has 2 aromatic heterocycles. The fraction of sp³-hybridized carbons (Fsp3) is 0.462. The molecule has 0 aliphatic carbocycles. The quantitative estimate of drug-likeness (QED) is 0.751. The maximum absolute atomic E-state index is 12.4. The van der Waals surface area contributed by atoms with E-state index >= 15 is 0 Å². The molecule has 9 heteroatoms. The Balaban J connectivity index is 2.36. The molecule has 118 valence electrons. The molecular weight excluding hydrogens is 292 g/mol. The van der Waals surface area contributed by atoms with Gasteiger partial charge in [0.05, 0.1) is 6.61 Å². The van der Waals surface area contributed by atoms with E-state index in [-0.39, 0.29) is 35.9 Å². The molecule has 0 saturated heterocycles. The van der Waals surface area contributed by atoms with Crippen LogP contribution in [0.4, 0.5) is 0 Å². The number of rotatable bonds is 6. The van der Waals surface area contributed by atoms with Gasteiger partial charge in [-0.1, -0.05) is 12.1 Å². The van der Waals surface area contributed by atoms with E-state index in [0.717, 1.165) is 11.0 Å². The van der Waals surface area contributed by atoms with Gasteiger partial charge in [0.1, 0.15) is 18.3 Å². The van der Waals surface area contributed by atoms with Gasteiger partial charge in [-0.3, -0.25) is 14.2 Å². The van der Waals surface area contributed by atoms with Crippen LogP contribution in [0.15, 0.2) is 15.6 Å². The van der Waals surface area contributed by atoms with Crippen molar-refractivity contribution in [3.63, 3.8) is 0 Å². The average molecular weight is 308 g/mol. The third-order valence-electron chi connectivity index (χ3n) is 2.82. The third kappa shape index (κ3) is 3.13. The van der Waals surface area contributed by atoms with E-state index in [2.05, 4.69) is 15.5 Å². The summed E-state index contributed by atoms with van der Waals surface area (Å²) in [5, 5.41) is 6.08. The molecule has 0 atom stereocenters. The molecule has 0 aliphatic rings. The predicted molar refractivity (Wildman–Crippen MR) is 75.3 cm³/mol. The van der Waals surface area contributed by atoms with Gasteiger partial charge in [0.2, 0.25) is 11.6 Å². The zero-order valence-electron chi connectivity index (χ0n) is 12.3. The van der Waals surface area contributed by atoms with Gasteiger partial charge >= 0.3 is 5.97 Å². The molecule has 0 unspecified atom stereocenters. The lowest BCUT2D eigenvalue weighted by molar-refractivity contribution is -0.121. The van der Waals surface area contributed by atoms with E-state index in [4.69, 9.17) is 9.26 Å². The fourth-order valence-electron chi connectivity index (χ4n) is 1.81. The lowest BCUT2D eigenvalue weighted by atomic mass is 10.3. The minimum Gasteiger partial charge on any atom is -0.461 e. The van der Waals surface area contributed by atoms with Crippen molar-refractivity contribution < 1.29 is 18.8 Å². The molecule has 9 nitrogen and oxygen atoms in total. The molecule has 2 rings (SSSR count). The normalized spacial score (nSPS) is 10.6. The van der Waals surface area contributed by atoms with Crippen LogP contribution in [-0.4, -0.2) is 39.7 Å². The van der Waals surface area contributed by atoms with E-state index in [1.165, 1.54) is 6.33 Å². The number of nitrogens with one attached hydrogen (secondary N) is 1. The van der Waals surface area contributed by atoms with Gasteiger partial charge in [-0.25, -0.2) is 9.78 Å². The van der Waals surface area contributed by atoms with Crippen LogP contribution in [0.1, 0.15) is 30.8 Å². The Kier molecular flexibility index (Phi) is 4.87. The molecule has 0 fully saturated rings. The smallest absolute Gasteiger partial charge is 0.361 e. The highest BCUT2D eigenvalue weighted by atomic mass is 16.5. The van der Waals surface area contributed by atoms with Crippen molar-refractivity contribution in [2.45, 2.75) is 26.8 Å². The van der Waals surface area contributed by atoms with Crippen molar-refractivity contribution in [1.29, 1.82) is 0 Å². The Bertz CT molecular complexity index is 748. The van der Waals surface area contributed by atoms with Gasteiger partial charge in [-0.2, -0.15) is 0 Å². The fourth-order valence-corrected chi connectivity index (χ4v) is 1.81. The summed E-state index contributed by atoms with van der Waals surface area (Å²) < 4.78 is 10.7. The highest BCUT2D eigenvalue weighted by Gasteiger charge is 2.22. The predicted octanol–water partition coefficient (Wildman–Crippen LogP) is 0.0874. The number of hydrogen-bond donors (Lipinski definition) is 1. The number of carbonyl (C=O) groups excluding carboxylic acids is 2. The van der Waals surface area contributed by atoms with Crippen LogP contribution in [-0.2, 0) is 16.1 Å². The summed E-state index contributed by atoms with van der Waals surface area (Å²) >= 11 is 0. The summed E-state index contributed by atoms with van der Waals surface area (Å²) in [6, 6.07) is 0. The second-order valence-corrected chi connectivity index (χ2v) is 4.46. The van der Waals surface area contributed by atoms with Crippen LogP contribution in [0.5, 0.6) is 0 Å². The number of ether oxygens (including phenoxy) is 1. The summed E-state index contributed by atoms with van der Waals surface area (Å²) in [6.07, 6.45) is 1.97. The highest BCUT2D eigenvalue weighted by molar-refractivity contribution is 5.99. The molecular formula is C13H16N4O5. The van der Waals surface area contributed by atoms with Crippen LogP contribution >= 0.6 is 0 Å². The zero-order valence-corrected chi connectivity index (χ0v) is 12.3. The van der Waals surface area contributed by atoms with Crippen molar-refractivity contribution >= 4 is 23.0 Å². The number of nitrogens with zero attached hydrogens (tertiary/aromatic N) is 3. The Morgan fingerprint density at radius 2 is 2.18 bits per heavy atom. The van der Waals surface area contributed by atoms with Crippen LogP contribution < -0.4 is 10.9 Å². The van der Waals surface area contributed by atoms with E-state index in [1.807, 2.05) is 6.92 Å². The molecule has 0 saturated carbocycles. The van der Waals surface area contributed by atoms with Crippen LogP contribution in [0, 0.1) is 0 Å². The summed E-state index contributed by atoms with van der Waals surface area (Å²) in [5.41, 5.74) is -0.892. The molecule has 1 amide bonds. The van der Waals surface area contributed by atoms with Crippen molar-refractivity contribution in [1.82, 2.24) is 20.0 Å². The molecule has 2 aromatic rings. The molecule has 2 heterocycles. The van der Waals surface area contributed by atoms with Gasteiger partial charge in [0, 0.05) is 6.54 Å². The first-order valence-electron chi connectivity index (χ1n) is 6.87. The molecule has 0 radical (unpaired) electrons. The molecule has 0 aliphatic heterocycles. The maximum atomic E-state index is 12.4. The zero-order chi connectivity index (χ0) is 16.1. The third-order valence-corrected chi connectivity index (χ3v) is 2.82. The van der Waals surface area contributed by atoms with Crippen LogP contribution in [0.3, 0.4) is 0 Å². The van der Waals surface area contributed by atoms with E-state index in [1.54, 1.807) is 6.92 Å². The molecule has 22 heavy (non-hydrogen) atoms. The number of amides is 1. The summed E-state index contributed by atoms with van der Waals surface area (Å²) in [6.45, 7) is 4.01. The topological polar surface area (TPSA) is 116 Å². The number of aromatic nitrogens is 3. The standard InChI is InChI=1S/C13H16N4O5/c1-3-5-14-8(18)6-17-7-15-11-9(12(17)19)10(16-22-11)13(20)21-4-2/h7H,3-6H2,1-2H3,(H,14,18). The summed E-state index contributed by atoms with van der Waals surface area (Å²) in [7, 11) is 0. The lowest BCUT2D eigenvalue weighted by Crippen LogP contribution is -2.33. The molecule has 0 spiro atoms. The van der Waals surface area contributed by atoms with Gasteiger partial charge < -0.3 is 14.6 Å². The first kappa shape index (κ1) is 15.7. The van der Waals surface area contributed by atoms with Crippen LogP contribution in [0.25, 0.3) is 11.1 Å². The van der Waals surface area contributed by atoms with Gasteiger partial charge in [-0.05, 0) is 13.3 Å². The second-order valence-electron chi connectivity index (χ2n) is 4.46. The van der Waals surface area contributed by atoms with Crippen molar-refractivity contribution in [2.24, 2.45) is 0 Å². The lowest BCUT2D eigenvalue weighted by Gasteiger charge is -2.05. The van der Waals surface area contributed by atoms with E-state index in [0.29, 0.717) is 6.54 Å². The van der Waals surface area contributed by atoms with E-state index < -0.39 is 11.5 Å². The SMILES string of the molecule is CCCNC(=O)Cn1cnc2onc(C(=O)OCC)c2c1=O. The first-order valence-corrected chi connectivity index (χ1v) is 6.87. The Morgan fingerprint density at radius 1 is 1.41 bits per heavy atom. The van der Waals surface area contributed by atoms with Crippen molar-refractivity contribution in [3.8, 4) is 0 Å². The Labute approximate surface area is 125 Å². The minimum absolute atomic E-state index is 0.0710. The largest absolute Gasteiger partial charge is 0.461 e. The first-order chi connectivity index (χ1) is 10.6. The molecule has 1 N–H and O–H groups in total. The summed E-state index contributed by atoms with van der Waals surface area (Å²) in [5.74, 6) is -1.09. The van der Waals surface area contributed by atoms with Crippen molar-refractivity contribution in [3.05, 3.63) is 22.4 Å². The number of esters is 1.